The number of fused-ring (bicyclic) bond motifs is 1. The fourth-order valence-electron chi connectivity index (χ4n) is 4.59. The van der Waals surface area contributed by atoms with Gasteiger partial charge in [0.25, 0.3) is 10.0 Å². The second-order valence-corrected chi connectivity index (χ2v) is 10.5. The molecule has 0 aliphatic carbocycles. The molecule has 8 nitrogen and oxygen atoms in total. The largest absolute Gasteiger partial charge is 0.389 e. The van der Waals surface area contributed by atoms with Crippen LogP contribution in [-0.4, -0.2) is 32.8 Å². The van der Waals surface area contributed by atoms with E-state index < -0.39 is 72.5 Å². The van der Waals surface area contributed by atoms with E-state index in [1.165, 1.54) is 12.1 Å². The molecule has 1 unspecified atom stereocenters. The van der Waals surface area contributed by atoms with Crippen LogP contribution in [0.2, 0.25) is 0 Å². The number of sulfonamides is 1. The molecule has 6 N–H and O–H groups in total. The molecule has 14 heteroatoms. The summed E-state index contributed by atoms with van der Waals surface area (Å²) in [6.07, 6.45) is -1.75. The van der Waals surface area contributed by atoms with Crippen molar-refractivity contribution < 1.29 is 35.5 Å². The molecule has 202 valence electrons. The molecule has 2 atom stereocenters. The van der Waals surface area contributed by atoms with Gasteiger partial charge in [0.1, 0.15) is 22.3 Å². The van der Waals surface area contributed by atoms with Crippen molar-refractivity contribution in [2.75, 3.05) is 23.2 Å². The van der Waals surface area contributed by atoms with E-state index in [4.69, 9.17) is 0 Å². The van der Waals surface area contributed by atoms with Gasteiger partial charge in [-0.15, -0.1) is 0 Å². The molecule has 0 bridgehead atoms. The minimum Gasteiger partial charge on any atom is -0.389 e. The molecule has 0 radical (unpaired) electrons. The molecule has 0 spiro atoms. The van der Waals surface area contributed by atoms with E-state index in [0.717, 1.165) is 13.0 Å². The molecular weight excluding hydrogens is 533 g/mol. The van der Waals surface area contributed by atoms with E-state index in [0.29, 0.717) is 36.9 Å². The van der Waals surface area contributed by atoms with Gasteiger partial charge < -0.3 is 10.5 Å². The molecule has 2 aliphatic heterocycles. The zero-order valence-electron chi connectivity index (χ0n) is 19.7. The Bertz CT molecular complexity index is 1530. The van der Waals surface area contributed by atoms with Crippen LogP contribution < -0.4 is 26.2 Å². The van der Waals surface area contributed by atoms with Crippen LogP contribution in [0.1, 0.15) is 30.2 Å². The van der Waals surface area contributed by atoms with Gasteiger partial charge in [0, 0.05) is 29.8 Å². The Morgan fingerprint density at radius 3 is 2.37 bits per heavy atom. The fourth-order valence-corrected chi connectivity index (χ4v) is 5.76. The molecule has 1 saturated heterocycles. The molecule has 2 heterocycles. The first kappa shape index (κ1) is 26.3. The maximum absolute atomic E-state index is 15.5. The number of nitrogens with one attached hydrogen (secondary N) is 5. The summed E-state index contributed by atoms with van der Waals surface area (Å²) in [5.41, 5.74) is 3.27. The van der Waals surface area contributed by atoms with E-state index in [-0.39, 0.29) is 17.9 Å². The van der Waals surface area contributed by atoms with Gasteiger partial charge in [-0.05, 0) is 31.2 Å². The Labute approximate surface area is 214 Å². The highest BCUT2D eigenvalue weighted by Crippen LogP contribution is 2.40. The van der Waals surface area contributed by atoms with Crippen LogP contribution in [-0.2, 0) is 10.0 Å². The Balaban J connectivity index is 1.53. The van der Waals surface area contributed by atoms with Gasteiger partial charge >= 0.3 is 0 Å². The van der Waals surface area contributed by atoms with Gasteiger partial charge in [0.2, 0.25) is 0 Å². The second-order valence-electron chi connectivity index (χ2n) is 8.90. The van der Waals surface area contributed by atoms with Crippen LogP contribution in [0.4, 0.5) is 33.3 Å². The standard InChI is InChI=1S/C24H22F5N5O3S/c1-10(35)14-8-11(25)9-17(19(14)27)38(36,37)34-16-5-4-15(26)18(21(16)29)12-2-3-13-22(20(12)28)32-33-23(13)24-30-6-7-31-24/h2-5,8-10,23-24,30-35H,6-7H2,1H3/t10-,23?/m0/s1. The first-order valence-electron chi connectivity index (χ1n) is 11.5. The number of aliphatic hydroxyl groups is 1. The van der Waals surface area contributed by atoms with Crippen LogP contribution in [0.5, 0.6) is 0 Å². The predicted molar refractivity (Wildman–Crippen MR) is 129 cm³/mol. The van der Waals surface area contributed by atoms with Gasteiger partial charge in [-0.1, -0.05) is 12.1 Å². The van der Waals surface area contributed by atoms with Gasteiger partial charge in [0.05, 0.1) is 35.2 Å². The first-order valence-corrected chi connectivity index (χ1v) is 13.0. The number of anilines is 2. The molecule has 38 heavy (non-hydrogen) atoms. The normalized spacial score (nSPS) is 18.3. The van der Waals surface area contributed by atoms with Crippen molar-refractivity contribution in [3.8, 4) is 11.1 Å². The molecule has 1 fully saturated rings. The van der Waals surface area contributed by atoms with E-state index >= 15 is 8.78 Å². The third-order valence-electron chi connectivity index (χ3n) is 6.43. The zero-order chi connectivity index (χ0) is 27.4. The van der Waals surface area contributed by atoms with Crippen molar-refractivity contribution in [1.82, 2.24) is 16.1 Å². The molecular formula is C24H22F5N5O3S. The van der Waals surface area contributed by atoms with Crippen LogP contribution in [0, 0.1) is 29.1 Å². The lowest BCUT2D eigenvalue weighted by atomic mass is 9.97. The SMILES string of the molecule is C[C@H](O)c1cc(F)cc(S(=O)(=O)Nc2ccc(F)c(-c3ccc4c(c3F)NNC4C3NCCN3)c2F)c1F. The number of halogens is 5. The Morgan fingerprint density at radius 2 is 1.68 bits per heavy atom. The minimum atomic E-state index is -4.96. The highest BCUT2D eigenvalue weighted by atomic mass is 32.2. The van der Waals surface area contributed by atoms with Crippen molar-refractivity contribution in [1.29, 1.82) is 0 Å². The Morgan fingerprint density at radius 1 is 0.974 bits per heavy atom. The highest BCUT2D eigenvalue weighted by molar-refractivity contribution is 7.92. The monoisotopic (exact) mass is 555 g/mol. The van der Waals surface area contributed by atoms with Gasteiger partial charge in [-0.2, -0.15) is 0 Å². The summed E-state index contributed by atoms with van der Waals surface area (Å²) < 4.78 is 102. The third-order valence-corrected chi connectivity index (χ3v) is 7.79. The minimum absolute atomic E-state index is 0.0275. The Kier molecular flexibility index (Phi) is 6.77. The lowest BCUT2D eigenvalue weighted by Gasteiger charge is -2.19. The third kappa shape index (κ3) is 4.47. The summed E-state index contributed by atoms with van der Waals surface area (Å²) >= 11 is 0. The van der Waals surface area contributed by atoms with E-state index in [1.807, 2.05) is 0 Å². The number of hydrogen-bond donors (Lipinski definition) is 6. The average molecular weight is 556 g/mol. The molecule has 0 saturated carbocycles. The zero-order valence-corrected chi connectivity index (χ0v) is 20.5. The summed E-state index contributed by atoms with van der Waals surface area (Å²) in [5, 5.41) is 16.0. The summed E-state index contributed by atoms with van der Waals surface area (Å²) in [4.78, 5) is -1.20. The lowest BCUT2D eigenvalue weighted by Crippen LogP contribution is -2.42. The van der Waals surface area contributed by atoms with E-state index in [9.17, 15) is 26.7 Å². The number of rotatable bonds is 6. The maximum atomic E-state index is 15.5. The lowest BCUT2D eigenvalue weighted by molar-refractivity contribution is 0.192. The van der Waals surface area contributed by atoms with Gasteiger partial charge in [0.15, 0.2) is 11.6 Å². The second kappa shape index (κ2) is 9.78. The number of hydrogen-bond acceptors (Lipinski definition) is 7. The fraction of sp³-hybridized carbons (Fsp3) is 0.250. The van der Waals surface area contributed by atoms with Crippen LogP contribution in [0.15, 0.2) is 41.3 Å². The first-order chi connectivity index (χ1) is 18.0. The van der Waals surface area contributed by atoms with Crippen molar-refractivity contribution in [2.24, 2.45) is 0 Å². The summed E-state index contributed by atoms with van der Waals surface area (Å²) in [6.45, 7) is 2.52. The number of benzene rings is 3. The van der Waals surface area contributed by atoms with Crippen LogP contribution in [0.25, 0.3) is 11.1 Å². The molecule has 2 aliphatic rings. The topological polar surface area (TPSA) is 115 Å². The molecule has 0 aromatic heterocycles. The smallest absolute Gasteiger partial charge is 0.265 e. The average Bonchev–Trinajstić information content (AvgIpc) is 3.53. The van der Waals surface area contributed by atoms with Crippen LogP contribution in [0.3, 0.4) is 0 Å². The van der Waals surface area contributed by atoms with E-state index in [2.05, 4.69) is 21.5 Å². The molecule has 3 aromatic rings. The molecule has 3 aromatic carbocycles. The number of aliphatic hydroxyl groups excluding tert-OH is 1. The van der Waals surface area contributed by atoms with Crippen molar-refractivity contribution >= 4 is 21.4 Å². The maximum Gasteiger partial charge on any atom is 0.265 e. The quantitative estimate of drug-likeness (QED) is 0.259. The van der Waals surface area contributed by atoms with Crippen molar-refractivity contribution in [2.45, 2.75) is 30.1 Å². The summed E-state index contributed by atoms with van der Waals surface area (Å²) in [5.74, 6) is -6.24. The van der Waals surface area contributed by atoms with Gasteiger partial charge in [-0.3, -0.25) is 15.4 Å². The molecule has 5 rings (SSSR count). The summed E-state index contributed by atoms with van der Waals surface area (Å²) in [7, 11) is -4.96. The van der Waals surface area contributed by atoms with Crippen molar-refractivity contribution in [3.63, 3.8) is 0 Å². The van der Waals surface area contributed by atoms with Gasteiger partial charge in [-0.25, -0.2) is 35.8 Å². The summed E-state index contributed by atoms with van der Waals surface area (Å²) in [6, 6.07) is 4.71. The Hall–Kier alpha value is -3.30. The number of hydrazine groups is 1. The van der Waals surface area contributed by atoms with Crippen LogP contribution >= 0.6 is 0 Å². The predicted octanol–water partition coefficient (Wildman–Crippen LogP) is 3.39. The molecule has 0 amide bonds. The highest BCUT2D eigenvalue weighted by Gasteiger charge is 2.35. The van der Waals surface area contributed by atoms with Crippen molar-refractivity contribution in [3.05, 3.63) is 76.6 Å². The van der Waals surface area contributed by atoms with E-state index in [1.54, 1.807) is 4.72 Å².